The zero-order chi connectivity index (χ0) is 14.0. The zero-order valence-corrected chi connectivity index (χ0v) is 12.8. The van der Waals surface area contributed by atoms with E-state index in [4.69, 9.17) is 5.73 Å². The fourth-order valence-electron chi connectivity index (χ4n) is 3.29. The molecule has 0 unspecified atom stereocenters. The minimum Gasteiger partial charge on any atom is -0.394 e. The number of rotatable bonds is 4. The number of aryl methyl sites for hydroxylation is 1. The molecule has 0 bridgehead atoms. The van der Waals surface area contributed by atoms with E-state index in [1.807, 2.05) is 11.7 Å². The maximum Gasteiger partial charge on any atom is 0.150 e. The third-order valence-corrected chi connectivity index (χ3v) is 4.26. The van der Waals surface area contributed by atoms with E-state index in [0.717, 1.165) is 23.7 Å². The van der Waals surface area contributed by atoms with Gasteiger partial charge < -0.3 is 10.6 Å². The molecule has 0 aromatic carbocycles. The Hall–Kier alpha value is -1.19. The highest BCUT2D eigenvalue weighted by Crippen LogP contribution is 2.34. The first kappa shape index (κ1) is 14.2. The summed E-state index contributed by atoms with van der Waals surface area (Å²) in [6.45, 7) is 7.53. The summed E-state index contributed by atoms with van der Waals surface area (Å²) in [7, 11) is 2.02. The Morgan fingerprint density at radius 3 is 2.42 bits per heavy atom. The molecule has 19 heavy (non-hydrogen) atoms. The van der Waals surface area contributed by atoms with E-state index in [1.54, 1.807) is 0 Å². The molecule has 0 radical (unpaired) electrons. The summed E-state index contributed by atoms with van der Waals surface area (Å²) in [6.07, 6.45) is 6.64. The second-order valence-electron chi connectivity index (χ2n) is 5.98. The summed E-state index contributed by atoms with van der Waals surface area (Å²) in [4.78, 5) is 2.47. The maximum atomic E-state index is 6.36. The van der Waals surface area contributed by atoms with Crippen LogP contribution in [0.4, 0.5) is 11.5 Å². The molecule has 1 heterocycles. The van der Waals surface area contributed by atoms with E-state index in [0.29, 0.717) is 12.0 Å². The standard InChI is InChI=1S/C15H28N4/c1-5-19(12-9-7-6-8-10-12)15-13(16)14(11(2)3)17-18(15)4/h11-12H,5-10,16H2,1-4H3. The number of nitrogen functional groups attached to an aromatic ring is 1. The van der Waals surface area contributed by atoms with Crippen molar-refractivity contribution < 1.29 is 0 Å². The van der Waals surface area contributed by atoms with Crippen LogP contribution in [0.5, 0.6) is 0 Å². The average Bonchev–Trinajstić information content (AvgIpc) is 2.69. The highest BCUT2D eigenvalue weighted by Gasteiger charge is 2.26. The molecule has 0 amide bonds. The van der Waals surface area contributed by atoms with Crippen LogP contribution in [0.2, 0.25) is 0 Å². The quantitative estimate of drug-likeness (QED) is 0.907. The maximum absolute atomic E-state index is 6.36. The Morgan fingerprint density at radius 2 is 1.95 bits per heavy atom. The van der Waals surface area contributed by atoms with Crippen molar-refractivity contribution in [3.63, 3.8) is 0 Å². The van der Waals surface area contributed by atoms with Gasteiger partial charge in [-0.15, -0.1) is 0 Å². The lowest BCUT2D eigenvalue weighted by Gasteiger charge is -2.35. The van der Waals surface area contributed by atoms with Crippen LogP contribution in [0.25, 0.3) is 0 Å². The van der Waals surface area contributed by atoms with Gasteiger partial charge in [-0.3, -0.25) is 4.68 Å². The van der Waals surface area contributed by atoms with E-state index in [2.05, 4.69) is 30.8 Å². The van der Waals surface area contributed by atoms with Crippen LogP contribution < -0.4 is 10.6 Å². The van der Waals surface area contributed by atoms with Gasteiger partial charge in [-0.2, -0.15) is 5.10 Å². The van der Waals surface area contributed by atoms with Crippen molar-refractivity contribution in [2.45, 2.75) is 64.8 Å². The van der Waals surface area contributed by atoms with Gasteiger partial charge in [0.2, 0.25) is 0 Å². The lowest BCUT2D eigenvalue weighted by Crippen LogP contribution is -2.38. The molecule has 0 aliphatic heterocycles. The molecule has 2 rings (SSSR count). The van der Waals surface area contributed by atoms with Gasteiger partial charge in [-0.05, 0) is 25.7 Å². The van der Waals surface area contributed by atoms with Crippen LogP contribution in [0, 0.1) is 0 Å². The van der Waals surface area contributed by atoms with Crippen molar-refractivity contribution in [1.82, 2.24) is 9.78 Å². The lowest BCUT2D eigenvalue weighted by atomic mass is 9.94. The Balaban J connectivity index is 2.32. The first-order valence-corrected chi connectivity index (χ1v) is 7.65. The van der Waals surface area contributed by atoms with Gasteiger partial charge in [-0.25, -0.2) is 0 Å². The zero-order valence-electron chi connectivity index (χ0n) is 12.8. The van der Waals surface area contributed by atoms with Gasteiger partial charge in [0.25, 0.3) is 0 Å². The van der Waals surface area contributed by atoms with E-state index in [9.17, 15) is 0 Å². The second-order valence-corrected chi connectivity index (χ2v) is 5.98. The van der Waals surface area contributed by atoms with E-state index in [-0.39, 0.29) is 0 Å². The van der Waals surface area contributed by atoms with Gasteiger partial charge in [0, 0.05) is 19.6 Å². The number of aromatic nitrogens is 2. The largest absolute Gasteiger partial charge is 0.394 e. The summed E-state index contributed by atoms with van der Waals surface area (Å²) in [5.41, 5.74) is 8.28. The molecule has 1 aliphatic carbocycles. The average molecular weight is 264 g/mol. The van der Waals surface area contributed by atoms with Crippen LogP contribution in [-0.4, -0.2) is 22.4 Å². The molecule has 0 saturated heterocycles. The van der Waals surface area contributed by atoms with Gasteiger partial charge >= 0.3 is 0 Å². The summed E-state index contributed by atoms with van der Waals surface area (Å²) in [5.74, 6) is 1.50. The second kappa shape index (κ2) is 5.85. The van der Waals surface area contributed by atoms with Crippen LogP contribution >= 0.6 is 0 Å². The van der Waals surface area contributed by atoms with Crippen molar-refractivity contribution in [2.24, 2.45) is 7.05 Å². The number of hydrogen-bond donors (Lipinski definition) is 1. The number of nitrogens with two attached hydrogens (primary N) is 1. The lowest BCUT2D eigenvalue weighted by molar-refractivity contribution is 0.413. The molecule has 1 saturated carbocycles. The van der Waals surface area contributed by atoms with Gasteiger partial charge in [0.05, 0.1) is 11.4 Å². The summed E-state index contributed by atoms with van der Waals surface area (Å²) in [5, 5.41) is 4.62. The van der Waals surface area contributed by atoms with Crippen molar-refractivity contribution >= 4 is 11.5 Å². The fourth-order valence-corrected chi connectivity index (χ4v) is 3.29. The monoisotopic (exact) mass is 264 g/mol. The van der Waals surface area contributed by atoms with E-state index >= 15 is 0 Å². The molecular weight excluding hydrogens is 236 g/mol. The first-order valence-electron chi connectivity index (χ1n) is 7.65. The highest BCUT2D eigenvalue weighted by atomic mass is 15.4. The van der Waals surface area contributed by atoms with E-state index in [1.165, 1.54) is 32.1 Å². The summed E-state index contributed by atoms with van der Waals surface area (Å²) >= 11 is 0. The molecule has 108 valence electrons. The minimum atomic E-state index is 0.380. The molecule has 2 N–H and O–H groups in total. The van der Waals surface area contributed by atoms with Crippen molar-refractivity contribution in [3.8, 4) is 0 Å². The van der Waals surface area contributed by atoms with Gasteiger partial charge in [0.1, 0.15) is 0 Å². The molecule has 1 aromatic rings. The SMILES string of the molecule is CCN(c1c(N)c(C(C)C)nn1C)C1CCCCC1. The predicted octanol–water partition coefficient (Wildman–Crippen LogP) is 3.28. The molecule has 1 aliphatic rings. The summed E-state index contributed by atoms with van der Waals surface area (Å²) < 4.78 is 1.97. The first-order chi connectivity index (χ1) is 9.06. The predicted molar refractivity (Wildman–Crippen MR) is 81.6 cm³/mol. The number of hydrogen-bond acceptors (Lipinski definition) is 3. The number of anilines is 2. The van der Waals surface area contributed by atoms with Crippen molar-refractivity contribution in [2.75, 3.05) is 17.2 Å². The molecule has 4 nitrogen and oxygen atoms in total. The normalized spacial score (nSPS) is 17.1. The molecule has 1 aromatic heterocycles. The Bertz CT molecular complexity index is 416. The van der Waals surface area contributed by atoms with Crippen molar-refractivity contribution in [3.05, 3.63) is 5.69 Å². The molecule has 4 heteroatoms. The molecule has 1 fully saturated rings. The van der Waals surface area contributed by atoms with Crippen molar-refractivity contribution in [1.29, 1.82) is 0 Å². The Labute approximate surface area is 117 Å². The minimum absolute atomic E-state index is 0.380. The Kier molecular flexibility index (Phi) is 4.38. The highest BCUT2D eigenvalue weighted by molar-refractivity contribution is 5.67. The smallest absolute Gasteiger partial charge is 0.150 e. The third-order valence-electron chi connectivity index (χ3n) is 4.26. The van der Waals surface area contributed by atoms with Crippen LogP contribution in [0.15, 0.2) is 0 Å². The van der Waals surface area contributed by atoms with E-state index < -0.39 is 0 Å². The van der Waals surface area contributed by atoms with Crippen LogP contribution in [0.3, 0.4) is 0 Å². The van der Waals surface area contributed by atoms with Gasteiger partial charge in [0.15, 0.2) is 5.82 Å². The molecular formula is C15H28N4. The van der Waals surface area contributed by atoms with Crippen LogP contribution in [0.1, 0.15) is 64.5 Å². The third kappa shape index (κ3) is 2.72. The Morgan fingerprint density at radius 1 is 1.32 bits per heavy atom. The van der Waals surface area contributed by atoms with Crippen LogP contribution in [-0.2, 0) is 7.05 Å². The fraction of sp³-hybridized carbons (Fsp3) is 0.800. The molecule has 0 atom stereocenters. The van der Waals surface area contributed by atoms with Gasteiger partial charge in [-0.1, -0.05) is 33.1 Å². The number of nitrogens with zero attached hydrogens (tertiary/aromatic N) is 3. The summed E-state index contributed by atoms with van der Waals surface area (Å²) in [6, 6.07) is 0.636. The topological polar surface area (TPSA) is 47.1 Å². The molecule has 0 spiro atoms.